The van der Waals surface area contributed by atoms with Gasteiger partial charge in [-0.05, 0) is 55.7 Å². The topological polar surface area (TPSA) is 103 Å². The number of anilines is 1. The molecule has 9 nitrogen and oxygen atoms in total. The minimum atomic E-state index is -0.184. The zero-order chi connectivity index (χ0) is 23.1. The van der Waals surface area contributed by atoms with E-state index in [1.54, 1.807) is 21.9 Å². The monoisotopic (exact) mass is 450 g/mol. The lowest BCUT2D eigenvalue weighted by Crippen LogP contribution is -2.14. The number of carbonyl (C=O) groups excluding carboxylic acids is 1. The van der Waals surface area contributed by atoms with Gasteiger partial charge in [-0.1, -0.05) is 18.2 Å². The van der Waals surface area contributed by atoms with E-state index < -0.39 is 0 Å². The average molecular weight is 451 g/mol. The summed E-state index contributed by atoms with van der Waals surface area (Å²) >= 11 is 0. The summed E-state index contributed by atoms with van der Waals surface area (Å²) in [5, 5.41) is 12.6. The number of hydrogen-bond acceptors (Lipinski definition) is 6. The molecule has 0 spiro atoms. The third-order valence-electron chi connectivity index (χ3n) is 5.94. The lowest BCUT2D eigenvalue weighted by atomic mass is 10.1. The molecule has 168 valence electrons. The first-order valence-electron chi connectivity index (χ1n) is 11.2. The van der Waals surface area contributed by atoms with E-state index in [0.717, 1.165) is 40.9 Å². The fourth-order valence-corrected chi connectivity index (χ4v) is 4.16. The molecule has 1 saturated carbocycles. The molecule has 0 aliphatic heterocycles. The fraction of sp³-hybridized carbons (Fsp3) is 0.200. The van der Waals surface area contributed by atoms with Crippen LogP contribution in [0.3, 0.4) is 0 Å². The minimum absolute atomic E-state index is 0.184. The summed E-state index contributed by atoms with van der Waals surface area (Å²) in [6, 6.07) is 15.3. The van der Waals surface area contributed by atoms with Crippen molar-refractivity contribution in [3.8, 4) is 5.82 Å². The van der Waals surface area contributed by atoms with Crippen LogP contribution in [0.1, 0.15) is 46.1 Å². The molecule has 0 bridgehead atoms. The number of rotatable bonds is 6. The van der Waals surface area contributed by atoms with Gasteiger partial charge in [0.15, 0.2) is 11.5 Å². The molecule has 4 aromatic heterocycles. The highest BCUT2D eigenvalue weighted by Crippen LogP contribution is 2.40. The van der Waals surface area contributed by atoms with Gasteiger partial charge in [0, 0.05) is 23.5 Å². The van der Waals surface area contributed by atoms with Crippen LogP contribution in [0.25, 0.3) is 16.9 Å². The smallest absolute Gasteiger partial charge is 0.256 e. The summed E-state index contributed by atoms with van der Waals surface area (Å²) in [6.45, 7) is 2.47. The molecule has 1 aliphatic rings. The maximum Gasteiger partial charge on any atom is 0.256 e. The third-order valence-corrected chi connectivity index (χ3v) is 5.94. The average Bonchev–Trinajstić information content (AvgIpc) is 3.49. The second-order valence-corrected chi connectivity index (χ2v) is 8.50. The van der Waals surface area contributed by atoms with Crippen molar-refractivity contribution in [2.24, 2.45) is 0 Å². The molecule has 1 aliphatic carbocycles. The van der Waals surface area contributed by atoms with Crippen molar-refractivity contribution in [3.05, 3.63) is 89.9 Å². The van der Waals surface area contributed by atoms with Crippen LogP contribution < -0.4 is 5.32 Å². The van der Waals surface area contributed by atoms with Crippen LogP contribution in [0.2, 0.25) is 0 Å². The van der Waals surface area contributed by atoms with Crippen molar-refractivity contribution < 1.29 is 4.79 Å². The Hall–Kier alpha value is -4.40. The van der Waals surface area contributed by atoms with E-state index in [0.29, 0.717) is 29.5 Å². The van der Waals surface area contributed by atoms with Crippen molar-refractivity contribution >= 4 is 22.6 Å². The Labute approximate surface area is 195 Å². The van der Waals surface area contributed by atoms with Gasteiger partial charge in [0.2, 0.25) is 0 Å². The number of hydrogen-bond donors (Lipinski definition) is 1. The van der Waals surface area contributed by atoms with E-state index in [9.17, 15) is 4.79 Å². The SMILES string of the molecule is Cc1nn(-c2ccccn2)c2nc(C3CC3)cc(C(=O)Nc3cccc(Cn4cncn4)c3)c12. The number of benzene rings is 1. The van der Waals surface area contributed by atoms with E-state index >= 15 is 0 Å². The van der Waals surface area contributed by atoms with E-state index in [1.807, 2.05) is 55.5 Å². The van der Waals surface area contributed by atoms with Gasteiger partial charge >= 0.3 is 0 Å². The van der Waals surface area contributed by atoms with Crippen LogP contribution in [0.4, 0.5) is 5.69 Å². The Morgan fingerprint density at radius 2 is 2.06 bits per heavy atom. The van der Waals surface area contributed by atoms with Gasteiger partial charge in [0.05, 0.1) is 23.2 Å². The van der Waals surface area contributed by atoms with E-state index in [-0.39, 0.29) is 5.91 Å². The molecule has 0 atom stereocenters. The van der Waals surface area contributed by atoms with Crippen LogP contribution in [0.5, 0.6) is 0 Å². The first-order chi connectivity index (χ1) is 16.7. The summed E-state index contributed by atoms with van der Waals surface area (Å²) in [5.74, 6) is 0.874. The molecule has 0 radical (unpaired) electrons. The molecule has 6 rings (SSSR count). The highest BCUT2D eigenvalue weighted by molar-refractivity contribution is 6.12. The second-order valence-electron chi connectivity index (χ2n) is 8.50. The molecule has 0 saturated heterocycles. The Balaban J connectivity index is 1.38. The maximum atomic E-state index is 13.5. The molecule has 4 heterocycles. The van der Waals surface area contributed by atoms with Crippen molar-refractivity contribution in [2.75, 3.05) is 5.32 Å². The van der Waals surface area contributed by atoms with E-state index in [1.165, 1.54) is 6.33 Å². The van der Waals surface area contributed by atoms with Gasteiger partial charge in [-0.15, -0.1) is 0 Å². The van der Waals surface area contributed by atoms with Crippen LogP contribution >= 0.6 is 0 Å². The minimum Gasteiger partial charge on any atom is -0.322 e. The van der Waals surface area contributed by atoms with Gasteiger partial charge in [-0.25, -0.2) is 19.6 Å². The Kier molecular flexibility index (Phi) is 4.87. The maximum absolute atomic E-state index is 13.5. The van der Waals surface area contributed by atoms with Crippen LogP contribution in [-0.2, 0) is 6.54 Å². The van der Waals surface area contributed by atoms with Gasteiger partial charge in [0.1, 0.15) is 12.7 Å². The van der Waals surface area contributed by atoms with Crippen molar-refractivity contribution in [2.45, 2.75) is 32.2 Å². The molecule has 34 heavy (non-hydrogen) atoms. The van der Waals surface area contributed by atoms with Gasteiger partial charge < -0.3 is 5.32 Å². The molecular formula is C25H22N8O. The number of amides is 1. The normalized spacial score (nSPS) is 13.3. The Morgan fingerprint density at radius 1 is 1.15 bits per heavy atom. The predicted octanol–water partition coefficient (Wildman–Crippen LogP) is 3.89. The van der Waals surface area contributed by atoms with Crippen LogP contribution in [-0.4, -0.2) is 40.4 Å². The van der Waals surface area contributed by atoms with Crippen LogP contribution in [0, 0.1) is 6.92 Å². The Morgan fingerprint density at radius 3 is 2.82 bits per heavy atom. The first-order valence-corrected chi connectivity index (χ1v) is 11.2. The number of aromatic nitrogens is 7. The number of fused-ring (bicyclic) bond motifs is 1. The van der Waals surface area contributed by atoms with E-state index in [4.69, 9.17) is 4.98 Å². The predicted molar refractivity (Wildman–Crippen MR) is 127 cm³/mol. The zero-order valence-corrected chi connectivity index (χ0v) is 18.6. The molecular weight excluding hydrogens is 428 g/mol. The zero-order valence-electron chi connectivity index (χ0n) is 18.6. The molecule has 1 N–H and O–H groups in total. The number of pyridine rings is 2. The summed E-state index contributed by atoms with van der Waals surface area (Å²) < 4.78 is 3.47. The second kappa shape index (κ2) is 8.18. The lowest BCUT2D eigenvalue weighted by molar-refractivity contribution is 0.102. The molecule has 1 amide bonds. The highest BCUT2D eigenvalue weighted by atomic mass is 16.1. The van der Waals surface area contributed by atoms with Crippen molar-refractivity contribution in [3.63, 3.8) is 0 Å². The van der Waals surface area contributed by atoms with Gasteiger partial charge in [-0.3, -0.25) is 4.79 Å². The van der Waals surface area contributed by atoms with Crippen LogP contribution in [0.15, 0.2) is 67.4 Å². The third kappa shape index (κ3) is 3.81. The summed E-state index contributed by atoms with van der Waals surface area (Å²) in [7, 11) is 0. The Bertz CT molecular complexity index is 1490. The van der Waals surface area contributed by atoms with Gasteiger partial charge in [0.25, 0.3) is 5.91 Å². The molecule has 9 heteroatoms. The molecule has 5 aromatic rings. The summed E-state index contributed by atoms with van der Waals surface area (Å²) in [4.78, 5) is 26.9. The lowest BCUT2D eigenvalue weighted by Gasteiger charge is -2.10. The highest BCUT2D eigenvalue weighted by Gasteiger charge is 2.29. The van der Waals surface area contributed by atoms with Crippen molar-refractivity contribution in [1.29, 1.82) is 0 Å². The molecule has 0 unspecified atom stereocenters. The standard InChI is InChI=1S/C25H22N8O/c1-16-23-20(25(34)29-19-6-4-5-17(11-19)13-32-15-26-14-28-32)12-21(18-8-9-18)30-24(23)33(31-16)22-7-2-3-10-27-22/h2-7,10-12,14-15,18H,8-9,13H2,1H3,(H,29,34). The largest absolute Gasteiger partial charge is 0.322 e. The first kappa shape index (κ1) is 20.2. The number of carbonyl (C=O) groups is 1. The number of aryl methyl sites for hydroxylation is 1. The number of nitrogens with zero attached hydrogens (tertiary/aromatic N) is 7. The summed E-state index contributed by atoms with van der Waals surface area (Å²) in [5.41, 5.74) is 4.63. The fourth-order valence-electron chi connectivity index (χ4n) is 4.16. The molecule has 1 fully saturated rings. The van der Waals surface area contributed by atoms with Gasteiger partial charge in [-0.2, -0.15) is 14.9 Å². The quantitative estimate of drug-likeness (QED) is 0.421. The summed E-state index contributed by atoms with van der Waals surface area (Å²) in [6.07, 6.45) is 7.07. The molecule has 1 aromatic carbocycles. The van der Waals surface area contributed by atoms with Crippen molar-refractivity contribution in [1.82, 2.24) is 34.5 Å². The van der Waals surface area contributed by atoms with E-state index in [2.05, 4.69) is 25.5 Å². The number of nitrogens with one attached hydrogen (secondary N) is 1.